The Labute approximate surface area is 194 Å². The van der Waals surface area contributed by atoms with Crippen LogP contribution >= 0.6 is 11.8 Å². The van der Waals surface area contributed by atoms with E-state index in [4.69, 9.17) is 19.7 Å². The van der Waals surface area contributed by atoms with Crippen LogP contribution in [-0.4, -0.2) is 40.1 Å². The van der Waals surface area contributed by atoms with Crippen molar-refractivity contribution in [2.45, 2.75) is 31.6 Å². The lowest BCUT2D eigenvalue weighted by molar-refractivity contribution is -0.759. The van der Waals surface area contributed by atoms with E-state index in [9.17, 15) is 9.59 Å². The standard InChI is InChI=1S/C23H24N4O5S/c1-3-11-33-23-25-22(30)20-15-7-5-6-8-16(15)24-21(27(20)26-23)14-9-10-17(32-13-19(28)29)18(12-14)31-4-2/h5-10,12,21H,3-4,11,13H2,1-2H3,(H2,25,26,28,29,30)/p+1/t21-/m0/s1. The number of carboxylic acid groups (broad SMARTS) is 1. The summed E-state index contributed by atoms with van der Waals surface area (Å²) in [6.07, 6.45) is 0.474. The van der Waals surface area contributed by atoms with Gasteiger partial charge in [-0.2, -0.15) is 0 Å². The lowest BCUT2D eigenvalue weighted by atomic mass is 10.0. The van der Waals surface area contributed by atoms with E-state index in [1.165, 1.54) is 11.8 Å². The predicted octanol–water partition coefficient (Wildman–Crippen LogP) is 3.06. The van der Waals surface area contributed by atoms with Crippen molar-refractivity contribution in [1.82, 2.24) is 10.1 Å². The molecule has 2 heterocycles. The van der Waals surface area contributed by atoms with Gasteiger partial charge in [0.05, 0.1) is 17.9 Å². The Morgan fingerprint density at radius 1 is 1.18 bits per heavy atom. The van der Waals surface area contributed by atoms with Crippen molar-refractivity contribution >= 4 is 23.4 Å². The smallest absolute Gasteiger partial charge is 0.341 e. The summed E-state index contributed by atoms with van der Waals surface area (Å²) in [4.78, 5) is 26.9. The number of fused-ring (bicyclic) bond motifs is 3. The fourth-order valence-corrected chi connectivity index (χ4v) is 4.31. The van der Waals surface area contributed by atoms with Gasteiger partial charge in [-0.15, -0.1) is 0 Å². The van der Waals surface area contributed by atoms with Gasteiger partial charge in [0.1, 0.15) is 0 Å². The van der Waals surface area contributed by atoms with Gasteiger partial charge in [0.25, 0.3) is 6.17 Å². The molecule has 1 aliphatic rings. The second-order valence-corrected chi connectivity index (χ2v) is 8.40. The van der Waals surface area contributed by atoms with Crippen LogP contribution in [0, 0.1) is 0 Å². The third-order valence-electron chi connectivity index (χ3n) is 4.96. The van der Waals surface area contributed by atoms with E-state index in [0.717, 1.165) is 29.0 Å². The van der Waals surface area contributed by atoms with Crippen molar-refractivity contribution in [3.8, 4) is 22.8 Å². The maximum atomic E-state index is 13.1. The van der Waals surface area contributed by atoms with Gasteiger partial charge in [-0.25, -0.2) is 4.79 Å². The first-order chi connectivity index (χ1) is 16.0. The van der Waals surface area contributed by atoms with Crippen LogP contribution in [-0.2, 0) is 4.79 Å². The quantitative estimate of drug-likeness (QED) is 0.323. The van der Waals surface area contributed by atoms with Gasteiger partial charge in [-0.05, 0) is 48.4 Å². The number of aromatic nitrogens is 3. The SMILES string of the molecule is CCCSc1n[n+]2c(c(=O)[nH]1)-c1ccccc1N[C@@H]2c1ccc(OCC(=O)O)c(OCC)c1. The Hall–Kier alpha value is -3.53. The van der Waals surface area contributed by atoms with Crippen LogP contribution in [0.1, 0.15) is 32.0 Å². The summed E-state index contributed by atoms with van der Waals surface area (Å²) < 4.78 is 12.8. The van der Waals surface area contributed by atoms with Gasteiger partial charge in [0, 0.05) is 16.4 Å². The minimum absolute atomic E-state index is 0.214. The Balaban J connectivity index is 1.82. The lowest BCUT2D eigenvalue weighted by Crippen LogP contribution is -2.55. The van der Waals surface area contributed by atoms with Crippen LogP contribution < -0.4 is 25.0 Å². The first-order valence-corrected chi connectivity index (χ1v) is 11.7. The van der Waals surface area contributed by atoms with Gasteiger partial charge in [-0.3, -0.25) is 9.78 Å². The number of nitrogens with one attached hydrogen (secondary N) is 2. The molecule has 9 nitrogen and oxygen atoms in total. The molecule has 0 fully saturated rings. The number of benzene rings is 2. The number of hydrogen-bond donors (Lipinski definition) is 3. The number of nitrogens with zero attached hydrogens (tertiary/aromatic N) is 2. The maximum absolute atomic E-state index is 13.1. The molecular weight excluding hydrogens is 444 g/mol. The summed E-state index contributed by atoms with van der Waals surface area (Å²) in [5.74, 6) is 0.519. The average molecular weight is 470 g/mol. The van der Waals surface area contributed by atoms with Crippen LogP contribution in [0.2, 0.25) is 0 Å². The Morgan fingerprint density at radius 2 is 2.00 bits per heavy atom. The summed E-state index contributed by atoms with van der Waals surface area (Å²) in [5, 5.41) is 17.7. The number of carbonyl (C=O) groups is 1. The molecule has 172 valence electrons. The molecule has 0 spiro atoms. The molecule has 0 saturated carbocycles. The van der Waals surface area contributed by atoms with E-state index in [-0.39, 0.29) is 5.56 Å². The molecule has 0 aliphatic carbocycles. The predicted molar refractivity (Wildman–Crippen MR) is 124 cm³/mol. The third-order valence-corrected chi connectivity index (χ3v) is 6.03. The highest BCUT2D eigenvalue weighted by Gasteiger charge is 2.38. The second-order valence-electron chi connectivity index (χ2n) is 7.31. The highest BCUT2D eigenvalue weighted by Crippen LogP contribution is 2.35. The molecule has 1 atom stereocenters. The van der Waals surface area contributed by atoms with Gasteiger partial charge in [0.2, 0.25) is 5.16 Å². The fourth-order valence-electron chi connectivity index (χ4n) is 3.60. The number of H-pyrrole nitrogens is 1. The normalized spacial score (nSPS) is 14.1. The molecule has 2 aromatic carbocycles. The number of ether oxygens (including phenoxy) is 2. The molecule has 0 saturated heterocycles. The highest BCUT2D eigenvalue weighted by atomic mass is 32.2. The third kappa shape index (κ3) is 4.80. The molecule has 0 bridgehead atoms. The Bertz CT molecular complexity index is 1230. The number of para-hydroxylation sites is 1. The average Bonchev–Trinajstić information content (AvgIpc) is 2.81. The van der Waals surface area contributed by atoms with Gasteiger partial charge in [0.15, 0.2) is 18.1 Å². The zero-order chi connectivity index (χ0) is 23.4. The molecule has 33 heavy (non-hydrogen) atoms. The summed E-state index contributed by atoms with van der Waals surface area (Å²) >= 11 is 1.49. The molecule has 1 aromatic heterocycles. The summed E-state index contributed by atoms with van der Waals surface area (Å²) in [6, 6.07) is 12.8. The summed E-state index contributed by atoms with van der Waals surface area (Å²) in [6.45, 7) is 3.82. The summed E-state index contributed by atoms with van der Waals surface area (Å²) in [7, 11) is 0. The van der Waals surface area contributed by atoms with Crippen LogP contribution in [0.15, 0.2) is 52.4 Å². The fraction of sp³-hybridized carbons (Fsp3) is 0.304. The van der Waals surface area contributed by atoms with Crippen LogP contribution in [0.4, 0.5) is 5.69 Å². The van der Waals surface area contributed by atoms with Gasteiger partial charge < -0.3 is 19.9 Å². The van der Waals surface area contributed by atoms with Gasteiger partial charge >= 0.3 is 17.2 Å². The van der Waals surface area contributed by atoms with E-state index in [2.05, 4.69) is 17.2 Å². The van der Waals surface area contributed by atoms with Crippen LogP contribution in [0.25, 0.3) is 11.3 Å². The molecule has 1 aliphatic heterocycles. The number of rotatable bonds is 9. The van der Waals surface area contributed by atoms with E-state index in [1.54, 1.807) is 16.8 Å². The van der Waals surface area contributed by atoms with Crippen LogP contribution in [0.5, 0.6) is 11.5 Å². The van der Waals surface area contributed by atoms with Crippen molar-refractivity contribution in [3.63, 3.8) is 0 Å². The van der Waals surface area contributed by atoms with E-state index in [1.807, 2.05) is 37.3 Å². The first kappa shape index (κ1) is 22.7. The second kappa shape index (κ2) is 9.95. The number of anilines is 1. The van der Waals surface area contributed by atoms with Crippen molar-refractivity contribution < 1.29 is 24.1 Å². The summed E-state index contributed by atoms with van der Waals surface area (Å²) in [5.41, 5.74) is 2.61. The topological polar surface area (TPSA) is 117 Å². The largest absolute Gasteiger partial charge is 0.490 e. The maximum Gasteiger partial charge on any atom is 0.341 e. The zero-order valence-corrected chi connectivity index (χ0v) is 19.1. The van der Waals surface area contributed by atoms with Gasteiger partial charge in [-0.1, -0.05) is 30.8 Å². The number of aromatic amines is 1. The monoisotopic (exact) mass is 469 g/mol. The van der Waals surface area contributed by atoms with Crippen LogP contribution in [0.3, 0.4) is 0 Å². The van der Waals surface area contributed by atoms with E-state index in [0.29, 0.717) is 29.0 Å². The zero-order valence-electron chi connectivity index (χ0n) is 18.3. The first-order valence-electron chi connectivity index (χ1n) is 10.7. The van der Waals surface area contributed by atoms with E-state index >= 15 is 0 Å². The van der Waals surface area contributed by atoms with Crippen molar-refractivity contribution in [2.75, 3.05) is 24.3 Å². The number of aliphatic carboxylic acids is 1. The van der Waals surface area contributed by atoms with E-state index < -0.39 is 18.7 Å². The molecule has 3 aromatic rings. The minimum Gasteiger partial charge on any atom is -0.490 e. The molecule has 0 unspecified atom stereocenters. The number of thioether (sulfide) groups is 1. The molecule has 4 rings (SSSR count). The molecule has 0 amide bonds. The molecular formula is C23H25N4O5S+. The van der Waals surface area contributed by atoms with Crippen molar-refractivity contribution in [3.05, 3.63) is 58.4 Å². The Kier molecular flexibility index (Phi) is 6.83. The van der Waals surface area contributed by atoms with Crippen molar-refractivity contribution in [2.24, 2.45) is 0 Å². The molecule has 3 N–H and O–H groups in total. The number of carboxylic acids is 1. The molecule has 0 radical (unpaired) electrons. The van der Waals surface area contributed by atoms with Crippen molar-refractivity contribution in [1.29, 1.82) is 0 Å². The molecule has 10 heteroatoms. The number of hydrogen-bond acceptors (Lipinski definition) is 7. The lowest BCUT2D eigenvalue weighted by Gasteiger charge is -2.23. The highest BCUT2D eigenvalue weighted by molar-refractivity contribution is 7.99. The minimum atomic E-state index is -1.07. The Morgan fingerprint density at radius 3 is 2.76 bits per heavy atom.